The van der Waals surface area contributed by atoms with E-state index in [4.69, 9.17) is 4.74 Å². The highest BCUT2D eigenvalue weighted by molar-refractivity contribution is 4.82. The van der Waals surface area contributed by atoms with Gasteiger partial charge in [0.1, 0.15) is 0 Å². The summed E-state index contributed by atoms with van der Waals surface area (Å²) in [5.74, 6) is 0.898. The van der Waals surface area contributed by atoms with Gasteiger partial charge in [-0.25, -0.2) is 0 Å². The molecule has 82 valence electrons. The molecule has 2 saturated carbocycles. The highest BCUT2D eigenvalue weighted by Gasteiger charge is 2.25. The minimum Gasteiger partial charge on any atom is -0.377 e. The predicted octanol–water partition coefficient (Wildman–Crippen LogP) is 2.33. The van der Waals surface area contributed by atoms with Crippen molar-refractivity contribution in [2.75, 3.05) is 13.2 Å². The van der Waals surface area contributed by atoms with Crippen molar-refractivity contribution in [2.24, 2.45) is 5.92 Å². The van der Waals surface area contributed by atoms with E-state index in [-0.39, 0.29) is 0 Å². The molecular weight excluding hydrogens is 174 g/mol. The van der Waals surface area contributed by atoms with E-state index in [1.807, 2.05) is 0 Å². The molecule has 0 bridgehead atoms. The van der Waals surface area contributed by atoms with E-state index < -0.39 is 0 Å². The first-order chi connectivity index (χ1) is 6.88. The first-order valence-electron chi connectivity index (χ1n) is 6.23. The molecule has 0 heterocycles. The Morgan fingerprint density at radius 3 is 2.64 bits per heavy atom. The van der Waals surface area contributed by atoms with Crippen molar-refractivity contribution in [1.82, 2.24) is 5.32 Å². The predicted molar refractivity (Wildman–Crippen MR) is 58.4 cm³/mol. The summed E-state index contributed by atoms with van der Waals surface area (Å²) in [6, 6.07) is 0.818. The second-order valence-electron chi connectivity index (χ2n) is 4.87. The van der Waals surface area contributed by atoms with Crippen LogP contribution in [-0.4, -0.2) is 25.3 Å². The Kier molecular flexibility index (Phi) is 3.82. The highest BCUT2D eigenvalue weighted by atomic mass is 16.5. The molecule has 0 aromatic heterocycles. The Balaban J connectivity index is 1.57. The van der Waals surface area contributed by atoms with Gasteiger partial charge in [-0.2, -0.15) is 0 Å². The molecule has 2 nitrogen and oxygen atoms in total. The van der Waals surface area contributed by atoms with Crippen molar-refractivity contribution in [3.05, 3.63) is 0 Å². The Morgan fingerprint density at radius 1 is 1.29 bits per heavy atom. The van der Waals surface area contributed by atoms with Crippen LogP contribution in [-0.2, 0) is 4.74 Å². The van der Waals surface area contributed by atoms with Gasteiger partial charge in [0.25, 0.3) is 0 Å². The van der Waals surface area contributed by atoms with Gasteiger partial charge in [0.2, 0.25) is 0 Å². The minimum atomic E-state index is 0.473. The van der Waals surface area contributed by atoms with E-state index in [1.165, 1.54) is 38.5 Å². The lowest BCUT2D eigenvalue weighted by Crippen LogP contribution is -2.31. The summed E-state index contributed by atoms with van der Waals surface area (Å²) in [7, 11) is 0. The minimum absolute atomic E-state index is 0.473. The molecule has 2 rings (SSSR count). The fourth-order valence-corrected chi connectivity index (χ4v) is 1.71. The first-order valence-corrected chi connectivity index (χ1v) is 6.23. The van der Waals surface area contributed by atoms with Crippen molar-refractivity contribution >= 4 is 0 Å². The number of ether oxygens (including phenoxy) is 1. The molecule has 0 saturated heterocycles. The largest absolute Gasteiger partial charge is 0.377 e. The van der Waals surface area contributed by atoms with E-state index in [0.29, 0.717) is 6.10 Å². The monoisotopic (exact) mass is 197 g/mol. The van der Waals surface area contributed by atoms with Crippen LogP contribution in [0.3, 0.4) is 0 Å². The van der Waals surface area contributed by atoms with Crippen molar-refractivity contribution < 1.29 is 4.74 Å². The Labute approximate surface area is 87.4 Å². The molecule has 14 heavy (non-hydrogen) atoms. The first kappa shape index (κ1) is 10.4. The van der Waals surface area contributed by atoms with Gasteiger partial charge in [-0.05, 0) is 38.0 Å². The average molecular weight is 197 g/mol. The summed E-state index contributed by atoms with van der Waals surface area (Å²) in [5, 5.41) is 3.56. The number of hydrogen-bond acceptors (Lipinski definition) is 2. The van der Waals surface area contributed by atoms with Crippen molar-refractivity contribution in [3.63, 3.8) is 0 Å². The van der Waals surface area contributed by atoms with Gasteiger partial charge < -0.3 is 10.1 Å². The fraction of sp³-hybridized carbons (Fsp3) is 1.00. The maximum absolute atomic E-state index is 5.92. The van der Waals surface area contributed by atoms with Gasteiger partial charge in [0.15, 0.2) is 0 Å². The van der Waals surface area contributed by atoms with E-state index in [0.717, 1.165) is 25.1 Å². The summed E-state index contributed by atoms with van der Waals surface area (Å²) < 4.78 is 5.92. The SMILES string of the molecule is CCCC(CNC1CC1)OCC1CC1. The molecule has 1 N–H and O–H groups in total. The molecule has 0 amide bonds. The molecule has 0 aromatic carbocycles. The zero-order valence-electron chi connectivity index (χ0n) is 9.30. The van der Waals surface area contributed by atoms with E-state index >= 15 is 0 Å². The Bertz CT molecular complexity index is 148. The number of rotatable bonds is 8. The molecule has 2 aliphatic rings. The summed E-state index contributed by atoms with van der Waals surface area (Å²) in [5.41, 5.74) is 0. The lowest BCUT2D eigenvalue weighted by atomic mass is 10.2. The molecule has 2 heteroatoms. The second kappa shape index (κ2) is 5.13. The van der Waals surface area contributed by atoms with Crippen LogP contribution in [0.5, 0.6) is 0 Å². The van der Waals surface area contributed by atoms with Crippen LogP contribution in [0.4, 0.5) is 0 Å². The Hall–Kier alpha value is -0.0800. The molecule has 0 radical (unpaired) electrons. The molecule has 0 spiro atoms. The van der Waals surface area contributed by atoms with Crippen LogP contribution in [0.25, 0.3) is 0 Å². The van der Waals surface area contributed by atoms with Crippen LogP contribution in [0.2, 0.25) is 0 Å². The smallest absolute Gasteiger partial charge is 0.0699 e. The topological polar surface area (TPSA) is 21.3 Å². The number of hydrogen-bond donors (Lipinski definition) is 1. The number of nitrogens with one attached hydrogen (secondary N) is 1. The van der Waals surface area contributed by atoms with E-state index in [1.54, 1.807) is 0 Å². The second-order valence-corrected chi connectivity index (χ2v) is 4.87. The molecule has 2 aliphatic carbocycles. The molecule has 2 fully saturated rings. The molecule has 0 aromatic rings. The van der Waals surface area contributed by atoms with Crippen molar-refractivity contribution in [2.45, 2.75) is 57.6 Å². The standard InChI is InChI=1S/C12H23NO/c1-2-3-12(8-13-11-6-7-11)14-9-10-4-5-10/h10-13H,2-9H2,1H3. The fourth-order valence-electron chi connectivity index (χ4n) is 1.71. The van der Waals surface area contributed by atoms with Crippen LogP contribution in [0.1, 0.15) is 45.4 Å². The quantitative estimate of drug-likeness (QED) is 0.645. The zero-order chi connectivity index (χ0) is 9.80. The average Bonchev–Trinajstić information content (AvgIpc) is 3.02. The van der Waals surface area contributed by atoms with E-state index in [9.17, 15) is 0 Å². The molecule has 1 unspecified atom stereocenters. The van der Waals surface area contributed by atoms with Gasteiger partial charge >= 0.3 is 0 Å². The molecule has 0 aliphatic heterocycles. The normalized spacial score (nSPS) is 23.8. The highest BCUT2D eigenvalue weighted by Crippen LogP contribution is 2.29. The van der Waals surface area contributed by atoms with Gasteiger partial charge in [0, 0.05) is 19.2 Å². The van der Waals surface area contributed by atoms with Gasteiger partial charge in [-0.3, -0.25) is 0 Å². The van der Waals surface area contributed by atoms with Crippen LogP contribution < -0.4 is 5.32 Å². The summed E-state index contributed by atoms with van der Waals surface area (Å²) in [6.45, 7) is 4.33. The molecular formula is C12H23NO. The van der Waals surface area contributed by atoms with Crippen LogP contribution in [0, 0.1) is 5.92 Å². The summed E-state index contributed by atoms with van der Waals surface area (Å²) in [6.07, 6.45) is 8.47. The van der Waals surface area contributed by atoms with Crippen molar-refractivity contribution in [3.8, 4) is 0 Å². The summed E-state index contributed by atoms with van der Waals surface area (Å²) in [4.78, 5) is 0. The van der Waals surface area contributed by atoms with E-state index in [2.05, 4.69) is 12.2 Å². The van der Waals surface area contributed by atoms with Gasteiger partial charge in [-0.1, -0.05) is 13.3 Å². The molecule has 1 atom stereocenters. The lowest BCUT2D eigenvalue weighted by Gasteiger charge is -2.17. The maximum atomic E-state index is 5.92. The van der Waals surface area contributed by atoms with Crippen LogP contribution >= 0.6 is 0 Å². The Morgan fingerprint density at radius 2 is 2.07 bits per heavy atom. The zero-order valence-corrected chi connectivity index (χ0v) is 9.30. The van der Waals surface area contributed by atoms with Gasteiger partial charge in [0.05, 0.1) is 6.10 Å². The third-order valence-corrected chi connectivity index (χ3v) is 3.09. The van der Waals surface area contributed by atoms with Crippen molar-refractivity contribution in [1.29, 1.82) is 0 Å². The third kappa shape index (κ3) is 3.97. The van der Waals surface area contributed by atoms with Crippen LogP contribution in [0.15, 0.2) is 0 Å². The van der Waals surface area contributed by atoms with Gasteiger partial charge in [-0.15, -0.1) is 0 Å². The maximum Gasteiger partial charge on any atom is 0.0699 e. The third-order valence-electron chi connectivity index (χ3n) is 3.09. The lowest BCUT2D eigenvalue weighted by molar-refractivity contribution is 0.0399. The summed E-state index contributed by atoms with van der Waals surface area (Å²) >= 11 is 0.